The summed E-state index contributed by atoms with van der Waals surface area (Å²) in [6.45, 7) is 4.10. The van der Waals surface area contributed by atoms with E-state index in [2.05, 4.69) is 19.2 Å². The van der Waals surface area contributed by atoms with Gasteiger partial charge in [0.2, 0.25) is 5.91 Å². The number of hydrogen-bond donors (Lipinski definition) is 4. The summed E-state index contributed by atoms with van der Waals surface area (Å²) in [4.78, 5) is 12.2. The molecule has 1 amide bonds. The van der Waals surface area contributed by atoms with Gasteiger partial charge in [-0.25, -0.2) is 0 Å². The highest BCUT2D eigenvalue weighted by Crippen LogP contribution is 2.13. The number of carbonyl (C=O) groups excluding carboxylic acids is 1. The molecule has 3 unspecified atom stereocenters. The zero-order chi connectivity index (χ0) is 25.3. The summed E-state index contributed by atoms with van der Waals surface area (Å²) in [5, 5.41) is 32.6. The highest BCUT2D eigenvalue weighted by atomic mass is 16.3. The molecule has 0 aromatic heterocycles. The Kier molecular flexibility index (Phi) is 24.5. The second kappa shape index (κ2) is 25.2. The van der Waals surface area contributed by atoms with Crippen molar-refractivity contribution in [2.75, 3.05) is 6.61 Å². The average Bonchev–Trinajstić information content (AvgIpc) is 2.84. The molecule has 5 nitrogen and oxygen atoms in total. The Labute approximate surface area is 210 Å². The molecule has 202 valence electrons. The third-order valence-corrected chi connectivity index (χ3v) is 6.63. The van der Waals surface area contributed by atoms with Crippen molar-refractivity contribution < 1.29 is 20.1 Å². The van der Waals surface area contributed by atoms with Crippen LogP contribution in [-0.2, 0) is 4.79 Å². The van der Waals surface area contributed by atoms with Crippen molar-refractivity contribution in [1.82, 2.24) is 5.32 Å². The lowest BCUT2D eigenvalue weighted by atomic mass is 10.0. The predicted molar refractivity (Wildman–Crippen MR) is 144 cm³/mol. The molecule has 0 aliphatic carbocycles. The SMILES string of the molecule is CCCCCCCCCCC/C=C/C(O)C(CO)NC(=O)C(O)CCCCCCCCCCC. The van der Waals surface area contributed by atoms with Crippen LogP contribution >= 0.6 is 0 Å². The number of allylic oxidation sites excluding steroid dienone is 1. The van der Waals surface area contributed by atoms with E-state index in [1.54, 1.807) is 6.08 Å². The summed E-state index contributed by atoms with van der Waals surface area (Å²) in [5.74, 6) is -0.509. The molecular weight excluding hydrogens is 426 g/mol. The normalized spacial score (nSPS) is 14.4. The van der Waals surface area contributed by atoms with E-state index in [0.29, 0.717) is 6.42 Å². The summed E-state index contributed by atoms with van der Waals surface area (Å²) < 4.78 is 0. The van der Waals surface area contributed by atoms with E-state index in [1.807, 2.05) is 6.08 Å². The topological polar surface area (TPSA) is 89.8 Å². The Morgan fingerprint density at radius 2 is 1.15 bits per heavy atom. The van der Waals surface area contributed by atoms with Crippen molar-refractivity contribution in [2.24, 2.45) is 0 Å². The maximum atomic E-state index is 12.2. The lowest BCUT2D eigenvalue weighted by Crippen LogP contribution is -2.48. The minimum absolute atomic E-state index is 0.361. The fraction of sp³-hybridized carbons (Fsp3) is 0.897. The number of aliphatic hydroxyl groups is 3. The first-order valence-electron chi connectivity index (χ1n) is 14.5. The molecule has 34 heavy (non-hydrogen) atoms. The molecule has 0 aliphatic rings. The van der Waals surface area contributed by atoms with E-state index in [1.165, 1.54) is 89.9 Å². The van der Waals surface area contributed by atoms with Crippen LogP contribution in [0.4, 0.5) is 0 Å². The minimum atomic E-state index is -1.09. The van der Waals surface area contributed by atoms with Crippen LogP contribution in [0.25, 0.3) is 0 Å². The van der Waals surface area contributed by atoms with E-state index >= 15 is 0 Å². The van der Waals surface area contributed by atoms with Gasteiger partial charge in [0.05, 0.1) is 18.8 Å². The van der Waals surface area contributed by atoms with Gasteiger partial charge in [-0.3, -0.25) is 4.79 Å². The zero-order valence-corrected chi connectivity index (χ0v) is 22.5. The standard InChI is InChI=1S/C29H57NO4/c1-3-5-7-9-11-13-14-16-17-19-21-23-27(32)26(25-31)30-29(34)28(33)24-22-20-18-15-12-10-8-6-4-2/h21,23,26-28,31-33H,3-20,22,24-25H2,1-2H3,(H,30,34)/b23-21+. The lowest BCUT2D eigenvalue weighted by molar-refractivity contribution is -0.131. The maximum Gasteiger partial charge on any atom is 0.249 e. The van der Waals surface area contributed by atoms with Gasteiger partial charge in [-0.05, 0) is 19.3 Å². The predicted octanol–water partition coefficient (Wildman–Crippen LogP) is 6.58. The van der Waals surface area contributed by atoms with Crippen LogP contribution in [0.5, 0.6) is 0 Å². The Morgan fingerprint density at radius 3 is 1.62 bits per heavy atom. The number of amides is 1. The maximum absolute atomic E-state index is 12.2. The van der Waals surface area contributed by atoms with Crippen LogP contribution in [-0.4, -0.2) is 46.1 Å². The van der Waals surface area contributed by atoms with Crippen molar-refractivity contribution in [3.05, 3.63) is 12.2 Å². The molecule has 5 heteroatoms. The van der Waals surface area contributed by atoms with E-state index in [4.69, 9.17) is 0 Å². The molecule has 0 rings (SSSR count). The highest BCUT2D eigenvalue weighted by molar-refractivity contribution is 5.80. The first-order chi connectivity index (χ1) is 16.6. The number of hydrogen-bond acceptors (Lipinski definition) is 4. The molecule has 0 heterocycles. The van der Waals surface area contributed by atoms with E-state index in [0.717, 1.165) is 32.1 Å². The number of aliphatic hydroxyl groups excluding tert-OH is 3. The van der Waals surface area contributed by atoms with Gasteiger partial charge in [0.25, 0.3) is 0 Å². The molecule has 3 atom stereocenters. The molecule has 0 fully saturated rings. The average molecular weight is 484 g/mol. The van der Waals surface area contributed by atoms with Gasteiger partial charge in [0.1, 0.15) is 6.10 Å². The van der Waals surface area contributed by atoms with Crippen molar-refractivity contribution in [1.29, 1.82) is 0 Å². The number of rotatable bonds is 25. The molecule has 0 radical (unpaired) electrons. The number of nitrogens with one attached hydrogen (secondary N) is 1. The van der Waals surface area contributed by atoms with Crippen LogP contribution in [0.2, 0.25) is 0 Å². The van der Waals surface area contributed by atoms with Crippen molar-refractivity contribution in [2.45, 2.75) is 161 Å². The van der Waals surface area contributed by atoms with Gasteiger partial charge in [-0.2, -0.15) is 0 Å². The molecule has 0 spiro atoms. The quantitative estimate of drug-likeness (QED) is 0.0871. The third-order valence-electron chi connectivity index (χ3n) is 6.63. The Morgan fingerprint density at radius 1 is 0.706 bits per heavy atom. The van der Waals surface area contributed by atoms with Crippen molar-refractivity contribution in [3.8, 4) is 0 Å². The first kappa shape index (κ1) is 33.1. The second-order valence-corrected chi connectivity index (χ2v) is 9.97. The Hall–Kier alpha value is -0.910. The number of unbranched alkanes of at least 4 members (excludes halogenated alkanes) is 17. The van der Waals surface area contributed by atoms with Gasteiger partial charge < -0.3 is 20.6 Å². The Balaban J connectivity index is 3.87. The van der Waals surface area contributed by atoms with Gasteiger partial charge in [-0.15, -0.1) is 0 Å². The summed E-state index contributed by atoms with van der Waals surface area (Å²) >= 11 is 0. The second-order valence-electron chi connectivity index (χ2n) is 9.97. The first-order valence-corrected chi connectivity index (χ1v) is 14.5. The molecule has 0 bridgehead atoms. The molecule has 0 saturated heterocycles. The van der Waals surface area contributed by atoms with E-state index in [9.17, 15) is 20.1 Å². The van der Waals surface area contributed by atoms with Crippen molar-refractivity contribution >= 4 is 5.91 Å². The fourth-order valence-corrected chi connectivity index (χ4v) is 4.24. The van der Waals surface area contributed by atoms with E-state index in [-0.39, 0.29) is 6.61 Å². The highest BCUT2D eigenvalue weighted by Gasteiger charge is 2.22. The summed E-state index contributed by atoms with van der Waals surface area (Å²) in [5.41, 5.74) is 0. The van der Waals surface area contributed by atoms with Crippen LogP contribution in [0.15, 0.2) is 12.2 Å². The van der Waals surface area contributed by atoms with Crippen LogP contribution in [0, 0.1) is 0 Å². The van der Waals surface area contributed by atoms with E-state index < -0.39 is 24.2 Å². The molecule has 0 aliphatic heterocycles. The molecule has 0 aromatic carbocycles. The zero-order valence-electron chi connectivity index (χ0n) is 22.5. The van der Waals surface area contributed by atoms with Crippen LogP contribution in [0.1, 0.15) is 142 Å². The van der Waals surface area contributed by atoms with Crippen LogP contribution in [0.3, 0.4) is 0 Å². The number of carbonyl (C=O) groups is 1. The van der Waals surface area contributed by atoms with Crippen LogP contribution < -0.4 is 5.32 Å². The fourth-order valence-electron chi connectivity index (χ4n) is 4.24. The molecular formula is C29H57NO4. The van der Waals surface area contributed by atoms with Crippen molar-refractivity contribution in [3.63, 3.8) is 0 Å². The smallest absolute Gasteiger partial charge is 0.249 e. The largest absolute Gasteiger partial charge is 0.394 e. The van der Waals surface area contributed by atoms with Gasteiger partial charge >= 0.3 is 0 Å². The lowest BCUT2D eigenvalue weighted by Gasteiger charge is -2.21. The third kappa shape index (κ3) is 20.5. The summed E-state index contributed by atoms with van der Waals surface area (Å²) in [6, 6.07) is -0.787. The minimum Gasteiger partial charge on any atom is -0.394 e. The van der Waals surface area contributed by atoms with Gasteiger partial charge in [0.15, 0.2) is 0 Å². The molecule has 0 saturated carbocycles. The molecule has 0 aromatic rings. The monoisotopic (exact) mass is 483 g/mol. The summed E-state index contributed by atoms with van der Waals surface area (Å²) in [6.07, 6.45) is 25.0. The molecule has 4 N–H and O–H groups in total. The van der Waals surface area contributed by atoms with Gasteiger partial charge in [-0.1, -0.05) is 135 Å². The summed E-state index contributed by atoms with van der Waals surface area (Å²) in [7, 11) is 0. The Bertz CT molecular complexity index is 469. The van der Waals surface area contributed by atoms with Gasteiger partial charge in [0, 0.05) is 0 Å².